The van der Waals surface area contributed by atoms with Crippen LogP contribution in [-0.2, 0) is 16.0 Å². The van der Waals surface area contributed by atoms with Gasteiger partial charge in [-0.25, -0.2) is 9.59 Å². The number of carboxylic acids is 1. The quantitative estimate of drug-likeness (QED) is 0.797. The number of para-hydroxylation sites is 1. The van der Waals surface area contributed by atoms with E-state index in [-0.39, 0.29) is 13.0 Å². The number of hydrogen-bond acceptors (Lipinski definition) is 4. The van der Waals surface area contributed by atoms with Gasteiger partial charge in [0.2, 0.25) is 0 Å². The number of rotatable bonds is 6. The van der Waals surface area contributed by atoms with Crippen molar-refractivity contribution in [2.24, 2.45) is 0 Å². The van der Waals surface area contributed by atoms with E-state index in [1.165, 1.54) is 12.3 Å². The summed E-state index contributed by atoms with van der Waals surface area (Å²) in [5.74, 6) is -1.14. The fourth-order valence-corrected chi connectivity index (χ4v) is 1.93. The maximum atomic E-state index is 11.4. The van der Waals surface area contributed by atoms with Gasteiger partial charge in [0.1, 0.15) is 18.2 Å². The first kappa shape index (κ1) is 14.6. The van der Waals surface area contributed by atoms with E-state index in [4.69, 9.17) is 9.15 Å². The summed E-state index contributed by atoms with van der Waals surface area (Å²) in [6.45, 7) is 3.43. The minimum Gasteiger partial charge on any atom is -0.480 e. The highest BCUT2D eigenvalue weighted by atomic mass is 16.5. The summed E-state index contributed by atoms with van der Waals surface area (Å²) in [4.78, 5) is 22.7. The number of aliphatic carboxylic acids is 1. The number of fused-ring (bicyclic) bond motifs is 1. The van der Waals surface area contributed by atoms with E-state index in [0.717, 1.165) is 5.39 Å². The Morgan fingerprint density at radius 2 is 2.19 bits per heavy atom. The Morgan fingerprint density at radius 1 is 1.43 bits per heavy atom. The summed E-state index contributed by atoms with van der Waals surface area (Å²) in [5.41, 5.74) is 1.38. The van der Waals surface area contributed by atoms with E-state index in [9.17, 15) is 14.7 Å². The lowest BCUT2D eigenvalue weighted by molar-refractivity contribution is -0.139. The van der Waals surface area contributed by atoms with Gasteiger partial charge in [0.05, 0.1) is 6.26 Å². The smallest absolute Gasteiger partial charge is 0.408 e. The molecule has 1 atom stereocenters. The molecular formula is C15H15NO5. The van der Waals surface area contributed by atoms with Crippen LogP contribution in [0, 0.1) is 0 Å². The standard InChI is InChI=1S/C15H15NO5/c1-2-7-20-15(19)16-12(14(17)18)8-10-9-21-13-6-4-3-5-11(10)13/h2-6,9,12H,1,7-8H2,(H,16,19)(H,17,18). The zero-order valence-electron chi connectivity index (χ0n) is 11.2. The van der Waals surface area contributed by atoms with Crippen LogP contribution in [0.4, 0.5) is 4.79 Å². The molecule has 6 heteroatoms. The summed E-state index contributed by atoms with van der Waals surface area (Å²) < 4.78 is 10.1. The van der Waals surface area contributed by atoms with Gasteiger partial charge in [0.25, 0.3) is 0 Å². The number of carboxylic acid groups (broad SMARTS) is 1. The van der Waals surface area contributed by atoms with Crippen LogP contribution < -0.4 is 5.32 Å². The molecule has 0 fully saturated rings. The number of ether oxygens (including phenoxy) is 1. The van der Waals surface area contributed by atoms with E-state index >= 15 is 0 Å². The van der Waals surface area contributed by atoms with Crippen LogP contribution in [0.25, 0.3) is 11.0 Å². The molecule has 1 aromatic heterocycles. The molecule has 1 amide bonds. The number of hydrogen-bond donors (Lipinski definition) is 2. The number of amides is 1. The van der Waals surface area contributed by atoms with Crippen molar-refractivity contribution in [2.45, 2.75) is 12.5 Å². The Labute approximate surface area is 121 Å². The lowest BCUT2D eigenvalue weighted by Crippen LogP contribution is -2.42. The molecule has 0 aliphatic heterocycles. The molecule has 0 saturated heterocycles. The lowest BCUT2D eigenvalue weighted by Gasteiger charge is -2.13. The van der Waals surface area contributed by atoms with E-state index in [1.807, 2.05) is 18.2 Å². The van der Waals surface area contributed by atoms with Gasteiger partial charge < -0.3 is 19.6 Å². The average molecular weight is 289 g/mol. The molecule has 2 N–H and O–H groups in total. The molecule has 0 spiro atoms. The first-order chi connectivity index (χ1) is 10.1. The monoisotopic (exact) mass is 289 g/mol. The maximum absolute atomic E-state index is 11.4. The molecule has 21 heavy (non-hydrogen) atoms. The van der Waals surface area contributed by atoms with Crippen LogP contribution in [0.1, 0.15) is 5.56 Å². The molecular weight excluding hydrogens is 274 g/mol. The van der Waals surface area contributed by atoms with Crippen molar-refractivity contribution < 1.29 is 23.8 Å². The Kier molecular flexibility index (Phi) is 4.61. The van der Waals surface area contributed by atoms with Gasteiger partial charge in [-0.1, -0.05) is 30.9 Å². The van der Waals surface area contributed by atoms with Gasteiger partial charge in [-0.15, -0.1) is 0 Å². The molecule has 110 valence electrons. The minimum absolute atomic E-state index is 0.0206. The Hall–Kier alpha value is -2.76. The first-order valence-corrected chi connectivity index (χ1v) is 6.34. The summed E-state index contributed by atoms with van der Waals surface area (Å²) >= 11 is 0. The van der Waals surface area contributed by atoms with Crippen LogP contribution in [0.5, 0.6) is 0 Å². The van der Waals surface area contributed by atoms with Crippen molar-refractivity contribution in [3.05, 3.63) is 48.7 Å². The van der Waals surface area contributed by atoms with Crippen molar-refractivity contribution in [2.75, 3.05) is 6.61 Å². The van der Waals surface area contributed by atoms with Gasteiger partial charge in [0.15, 0.2) is 0 Å². The summed E-state index contributed by atoms with van der Waals surface area (Å²) in [5, 5.41) is 12.3. The number of carbonyl (C=O) groups excluding carboxylic acids is 1. The number of furan rings is 1. The fraction of sp³-hybridized carbons (Fsp3) is 0.200. The fourth-order valence-electron chi connectivity index (χ4n) is 1.93. The Balaban J connectivity index is 2.11. The van der Waals surface area contributed by atoms with Crippen molar-refractivity contribution in [1.82, 2.24) is 5.32 Å². The van der Waals surface area contributed by atoms with Crippen LogP contribution in [-0.4, -0.2) is 29.8 Å². The highest BCUT2D eigenvalue weighted by molar-refractivity contribution is 5.84. The topological polar surface area (TPSA) is 88.8 Å². The van der Waals surface area contributed by atoms with Crippen LogP contribution >= 0.6 is 0 Å². The third-order valence-corrected chi connectivity index (χ3v) is 2.91. The molecule has 1 aromatic carbocycles. The molecule has 2 aromatic rings. The zero-order valence-corrected chi connectivity index (χ0v) is 11.2. The maximum Gasteiger partial charge on any atom is 0.408 e. The van der Waals surface area contributed by atoms with Crippen molar-refractivity contribution in [1.29, 1.82) is 0 Å². The normalized spacial score (nSPS) is 11.8. The molecule has 0 aliphatic carbocycles. The van der Waals surface area contributed by atoms with E-state index in [0.29, 0.717) is 11.1 Å². The Bertz CT molecular complexity index is 661. The summed E-state index contributed by atoms with van der Waals surface area (Å²) in [7, 11) is 0. The minimum atomic E-state index is -1.14. The second kappa shape index (κ2) is 6.60. The van der Waals surface area contributed by atoms with E-state index < -0.39 is 18.1 Å². The van der Waals surface area contributed by atoms with Crippen LogP contribution in [0.2, 0.25) is 0 Å². The summed E-state index contributed by atoms with van der Waals surface area (Å²) in [6, 6.07) is 6.20. The number of benzene rings is 1. The predicted octanol–water partition coefficient (Wildman–Crippen LogP) is 2.34. The van der Waals surface area contributed by atoms with Crippen molar-refractivity contribution in [3.8, 4) is 0 Å². The molecule has 0 saturated carbocycles. The molecule has 1 unspecified atom stereocenters. The zero-order chi connectivity index (χ0) is 15.2. The van der Waals surface area contributed by atoms with Gasteiger partial charge in [0, 0.05) is 17.4 Å². The van der Waals surface area contributed by atoms with E-state index in [2.05, 4.69) is 11.9 Å². The molecule has 6 nitrogen and oxygen atoms in total. The number of alkyl carbamates (subject to hydrolysis) is 1. The SMILES string of the molecule is C=CCOC(=O)NC(Cc1coc2ccccc12)C(=O)O. The van der Waals surface area contributed by atoms with Crippen molar-refractivity contribution >= 4 is 23.0 Å². The van der Waals surface area contributed by atoms with Gasteiger partial charge in [-0.2, -0.15) is 0 Å². The van der Waals surface area contributed by atoms with Crippen LogP contribution in [0.3, 0.4) is 0 Å². The molecule has 0 radical (unpaired) electrons. The highest BCUT2D eigenvalue weighted by Crippen LogP contribution is 2.21. The summed E-state index contributed by atoms with van der Waals surface area (Å²) in [6.07, 6.45) is 2.21. The highest BCUT2D eigenvalue weighted by Gasteiger charge is 2.22. The van der Waals surface area contributed by atoms with Gasteiger partial charge >= 0.3 is 12.1 Å². The third-order valence-electron chi connectivity index (χ3n) is 2.91. The third kappa shape index (κ3) is 3.62. The molecule has 1 heterocycles. The van der Waals surface area contributed by atoms with Crippen LogP contribution in [0.15, 0.2) is 47.6 Å². The van der Waals surface area contributed by atoms with Crippen molar-refractivity contribution in [3.63, 3.8) is 0 Å². The lowest BCUT2D eigenvalue weighted by atomic mass is 10.1. The van der Waals surface area contributed by atoms with E-state index in [1.54, 1.807) is 6.07 Å². The largest absolute Gasteiger partial charge is 0.480 e. The second-order valence-electron chi connectivity index (χ2n) is 4.38. The number of nitrogens with one attached hydrogen (secondary N) is 1. The first-order valence-electron chi connectivity index (χ1n) is 6.34. The molecule has 2 rings (SSSR count). The Morgan fingerprint density at radius 3 is 2.90 bits per heavy atom. The van der Waals surface area contributed by atoms with Gasteiger partial charge in [-0.05, 0) is 6.07 Å². The molecule has 0 aliphatic rings. The average Bonchev–Trinajstić information content (AvgIpc) is 2.87. The number of carbonyl (C=O) groups is 2. The molecule has 0 bridgehead atoms. The predicted molar refractivity (Wildman–Crippen MR) is 76.0 cm³/mol. The second-order valence-corrected chi connectivity index (χ2v) is 4.38. The van der Waals surface area contributed by atoms with Gasteiger partial charge in [-0.3, -0.25) is 0 Å².